The van der Waals surface area contributed by atoms with Gasteiger partial charge in [0.1, 0.15) is 0 Å². The maximum Gasteiger partial charge on any atom is 0.203 e. The van der Waals surface area contributed by atoms with Gasteiger partial charge in [0.2, 0.25) is 5.75 Å². The van der Waals surface area contributed by atoms with Gasteiger partial charge in [0, 0.05) is 12.1 Å². The molecule has 0 unspecified atom stereocenters. The Labute approximate surface area is 174 Å². The molecule has 5 nitrogen and oxygen atoms in total. The molecule has 154 valence electrons. The van der Waals surface area contributed by atoms with E-state index >= 15 is 0 Å². The van der Waals surface area contributed by atoms with Crippen LogP contribution in [-0.2, 0) is 6.42 Å². The summed E-state index contributed by atoms with van der Waals surface area (Å²) in [6, 6.07) is 12.8. The fraction of sp³-hybridized carbons (Fsp3) is 0.455. The molecule has 0 saturated carbocycles. The molecule has 1 saturated heterocycles. The van der Waals surface area contributed by atoms with E-state index in [2.05, 4.69) is 48.2 Å². The number of ether oxygens (including phenoxy) is 3. The van der Waals surface area contributed by atoms with Gasteiger partial charge in [-0.25, -0.2) is 0 Å². The van der Waals surface area contributed by atoms with Crippen molar-refractivity contribution < 1.29 is 31.5 Å². The summed E-state index contributed by atoms with van der Waals surface area (Å²) in [5, 5.41) is 0. The summed E-state index contributed by atoms with van der Waals surface area (Å²) in [6.45, 7) is 7.85. The Bertz CT molecular complexity index is 736. The summed E-state index contributed by atoms with van der Waals surface area (Å²) < 4.78 is 16.3. The van der Waals surface area contributed by atoms with Crippen molar-refractivity contribution in [1.29, 1.82) is 0 Å². The van der Waals surface area contributed by atoms with Gasteiger partial charge >= 0.3 is 0 Å². The first-order valence-electron chi connectivity index (χ1n) is 9.59. The lowest BCUT2D eigenvalue weighted by atomic mass is 10.1. The third-order valence-corrected chi connectivity index (χ3v) is 5.42. The number of rotatable bonds is 7. The van der Waals surface area contributed by atoms with E-state index in [9.17, 15) is 0 Å². The molecule has 1 heterocycles. The van der Waals surface area contributed by atoms with E-state index in [0.717, 1.165) is 37.6 Å². The van der Waals surface area contributed by atoms with E-state index in [1.807, 2.05) is 0 Å². The van der Waals surface area contributed by atoms with E-state index < -0.39 is 0 Å². The van der Waals surface area contributed by atoms with E-state index in [0.29, 0.717) is 5.75 Å². The molecule has 0 bridgehead atoms. The van der Waals surface area contributed by atoms with Gasteiger partial charge in [-0.3, -0.25) is 0 Å². The molecule has 1 N–H and O–H groups in total. The Hall–Kier alpha value is -2.11. The largest absolute Gasteiger partial charge is 1.00 e. The minimum atomic E-state index is 0. The molecule has 2 aromatic carbocycles. The van der Waals surface area contributed by atoms with Crippen molar-refractivity contribution in [2.24, 2.45) is 0 Å². The number of nitrogens with one attached hydrogen (secondary N) is 1. The third kappa shape index (κ3) is 5.03. The zero-order valence-electron chi connectivity index (χ0n) is 17.3. The van der Waals surface area contributed by atoms with Crippen LogP contribution in [0.25, 0.3) is 0 Å². The molecule has 1 aliphatic rings. The van der Waals surface area contributed by atoms with E-state index in [1.54, 1.807) is 26.2 Å². The molecule has 2 aromatic rings. The SMILES string of the molecule is COc1cc(CC[NH+]2CCN(c3ccccc3C)CC2)cc(OC)c1OC.[Cl-]. The van der Waals surface area contributed by atoms with Gasteiger partial charge < -0.3 is 36.4 Å². The van der Waals surface area contributed by atoms with Crippen molar-refractivity contribution in [2.75, 3.05) is 59.0 Å². The summed E-state index contributed by atoms with van der Waals surface area (Å²) in [5.74, 6) is 2.11. The Morgan fingerprint density at radius 3 is 2.07 bits per heavy atom. The van der Waals surface area contributed by atoms with Crippen LogP contribution in [0.15, 0.2) is 36.4 Å². The highest BCUT2D eigenvalue weighted by atomic mass is 35.5. The monoisotopic (exact) mass is 406 g/mol. The summed E-state index contributed by atoms with van der Waals surface area (Å²) in [5.41, 5.74) is 3.96. The molecule has 28 heavy (non-hydrogen) atoms. The lowest BCUT2D eigenvalue weighted by Crippen LogP contribution is -3.15. The number of para-hydroxylation sites is 1. The number of halogens is 1. The molecule has 0 atom stereocenters. The summed E-state index contributed by atoms with van der Waals surface area (Å²) >= 11 is 0. The second kappa shape index (κ2) is 10.4. The number of methoxy groups -OCH3 is 3. The fourth-order valence-corrected chi connectivity index (χ4v) is 3.83. The Morgan fingerprint density at radius 1 is 0.929 bits per heavy atom. The highest BCUT2D eigenvalue weighted by molar-refractivity contribution is 5.54. The fourth-order valence-electron chi connectivity index (χ4n) is 3.83. The highest BCUT2D eigenvalue weighted by Crippen LogP contribution is 2.38. The second-order valence-corrected chi connectivity index (χ2v) is 7.06. The van der Waals surface area contributed by atoms with Crippen LogP contribution >= 0.6 is 0 Å². The molecule has 0 amide bonds. The van der Waals surface area contributed by atoms with Crippen molar-refractivity contribution in [3.05, 3.63) is 47.5 Å². The van der Waals surface area contributed by atoms with E-state index in [4.69, 9.17) is 14.2 Å². The molecule has 0 aliphatic carbocycles. The van der Waals surface area contributed by atoms with Crippen LogP contribution in [0.4, 0.5) is 5.69 Å². The van der Waals surface area contributed by atoms with Gasteiger partial charge in [-0.05, 0) is 36.2 Å². The molecule has 6 heteroatoms. The van der Waals surface area contributed by atoms with Crippen LogP contribution < -0.4 is 36.4 Å². The molecule has 0 spiro atoms. The quantitative estimate of drug-likeness (QED) is 0.638. The standard InChI is InChI=1S/C22H30N2O3.ClH/c1-17-7-5-6-8-19(17)24-13-11-23(12-14-24)10-9-18-15-20(25-2)22(27-4)21(16-18)26-3;/h5-8,15-16H,9-14H2,1-4H3;1H. The van der Waals surface area contributed by atoms with Crippen LogP contribution in [0, 0.1) is 6.92 Å². The van der Waals surface area contributed by atoms with E-state index in [-0.39, 0.29) is 12.4 Å². The van der Waals surface area contributed by atoms with E-state index in [1.165, 1.54) is 29.9 Å². The number of piperazine rings is 1. The van der Waals surface area contributed by atoms with Gasteiger partial charge in [-0.15, -0.1) is 0 Å². The van der Waals surface area contributed by atoms with Crippen LogP contribution in [-0.4, -0.2) is 54.1 Å². The number of aryl methyl sites for hydroxylation is 1. The number of benzene rings is 2. The minimum Gasteiger partial charge on any atom is -1.00 e. The molecular weight excluding hydrogens is 376 g/mol. The first-order chi connectivity index (χ1) is 13.2. The number of anilines is 1. The average Bonchev–Trinajstić information content (AvgIpc) is 2.72. The minimum absolute atomic E-state index is 0. The van der Waals surface area contributed by atoms with Crippen LogP contribution in [0.1, 0.15) is 11.1 Å². The first kappa shape index (κ1) is 22.2. The molecule has 1 fully saturated rings. The van der Waals surface area contributed by atoms with Crippen LogP contribution in [0.2, 0.25) is 0 Å². The van der Waals surface area contributed by atoms with Gasteiger partial charge in [0.05, 0.1) is 54.1 Å². The second-order valence-electron chi connectivity index (χ2n) is 7.06. The highest BCUT2D eigenvalue weighted by Gasteiger charge is 2.21. The summed E-state index contributed by atoms with van der Waals surface area (Å²) in [6.07, 6.45) is 0.996. The molecule has 0 aromatic heterocycles. The zero-order valence-corrected chi connectivity index (χ0v) is 18.0. The third-order valence-electron chi connectivity index (χ3n) is 5.42. The molecule has 0 radical (unpaired) electrons. The van der Waals surface area contributed by atoms with Crippen LogP contribution in [0.3, 0.4) is 0 Å². The number of quaternary nitrogens is 1. The maximum atomic E-state index is 5.47. The van der Waals surface area contributed by atoms with Crippen molar-refractivity contribution in [2.45, 2.75) is 13.3 Å². The average molecular weight is 407 g/mol. The number of nitrogens with zero attached hydrogens (tertiary/aromatic N) is 1. The lowest BCUT2D eigenvalue weighted by Gasteiger charge is -2.34. The van der Waals surface area contributed by atoms with Gasteiger partial charge in [-0.1, -0.05) is 18.2 Å². The topological polar surface area (TPSA) is 35.4 Å². The summed E-state index contributed by atoms with van der Waals surface area (Å²) in [4.78, 5) is 4.16. The van der Waals surface area contributed by atoms with Gasteiger partial charge in [-0.2, -0.15) is 0 Å². The van der Waals surface area contributed by atoms with Crippen molar-refractivity contribution >= 4 is 5.69 Å². The zero-order chi connectivity index (χ0) is 19.2. The van der Waals surface area contributed by atoms with Gasteiger partial charge in [0.15, 0.2) is 11.5 Å². The Balaban J connectivity index is 0.00000280. The lowest BCUT2D eigenvalue weighted by molar-refractivity contribution is -0.900. The molecule has 1 aliphatic heterocycles. The van der Waals surface area contributed by atoms with Crippen molar-refractivity contribution in [1.82, 2.24) is 0 Å². The molecular formula is C22H31ClN2O3. The Morgan fingerprint density at radius 2 is 1.54 bits per heavy atom. The van der Waals surface area contributed by atoms with Gasteiger partial charge in [0.25, 0.3) is 0 Å². The Kier molecular flexibility index (Phi) is 8.27. The number of hydrogen-bond acceptors (Lipinski definition) is 4. The normalized spacial score (nSPS) is 14.4. The smallest absolute Gasteiger partial charge is 0.203 e. The van der Waals surface area contributed by atoms with Crippen molar-refractivity contribution in [3.63, 3.8) is 0 Å². The molecule has 3 rings (SSSR count). The van der Waals surface area contributed by atoms with Crippen LogP contribution in [0.5, 0.6) is 17.2 Å². The summed E-state index contributed by atoms with van der Waals surface area (Å²) in [7, 11) is 4.96. The predicted octanol–water partition coefficient (Wildman–Crippen LogP) is -1.03. The number of hydrogen-bond donors (Lipinski definition) is 1. The predicted molar refractivity (Wildman–Crippen MR) is 109 cm³/mol. The first-order valence-corrected chi connectivity index (χ1v) is 9.59. The maximum absolute atomic E-state index is 5.47. The van der Waals surface area contributed by atoms with Crippen molar-refractivity contribution in [3.8, 4) is 17.2 Å².